The Hall–Kier alpha value is -1.03. The van der Waals surface area contributed by atoms with Crippen LogP contribution in [0.15, 0.2) is 36.0 Å². The molecule has 1 aromatic carbocycles. The Morgan fingerprint density at radius 1 is 1.33 bits per heavy atom. The normalized spacial score (nSPS) is 28.2. The minimum absolute atomic E-state index is 0.260. The van der Waals surface area contributed by atoms with E-state index >= 15 is 0 Å². The summed E-state index contributed by atoms with van der Waals surface area (Å²) in [5, 5.41) is 6.72. The van der Waals surface area contributed by atoms with Crippen molar-refractivity contribution in [2.75, 3.05) is 13.1 Å². The molecule has 2 N–H and O–H groups in total. The van der Waals surface area contributed by atoms with Gasteiger partial charge in [0.2, 0.25) is 0 Å². The molecule has 2 fully saturated rings. The van der Waals surface area contributed by atoms with Crippen LogP contribution in [0.1, 0.15) is 24.4 Å². The summed E-state index contributed by atoms with van der Waals surface area (Å²) in [4.78, 5) is 0. The van der Waals surface area contributed by atoms with E-state index in [1.807, 2.05) is 18.2 Å². The fraction of sp³-hybridized carbons (Fsp3) is 0.429. The lowest BCUT2D eigenvalue weighted by Crippen LogP contribution is -2.54. The van der Waals surface area contributed by atoms with Gasteiger partial charge in [0.15, 0.2) is 0 Å². The van der Waals surface area contributed by atoms with Crippen molar-refractivity contribution in [3.05, 3.63) is 46.6 Å². The van der Waals surface area contributed by atoms with Gasteiger partial charge in [0.05, 0.1) is 11.6 Å². The first kappa shape index (κ1) is 10.9. The highest BCUT2D eigenvalue weighted by atomic mass is 35.5. The molecule has 1 aliphatic carbocycles. The summed E-state index contributed by atoms with van der Waals surface area (Å²) in [5.74, 6) is 0. The molecule has 2 aliphatic heterocycles. The molecule has 3 nitrogen and oxygen atoms in total. The number of piperazine rings is 1. The summed E-state index contributed by atoms with van der Waals surface area (Å²) >= 11 is 6.07. The van der Waals surface area contributed by atoms with Gasteiger partial charge in [0.1, 0.15) is 0 Å². The van der Waals surface area contributed by atoms with Gasteiger partial charge in [0, 0.05) is 23.8 Å². The largest absolute Gasteiger partial charge is 0.309 e. The molecule has 4 rings (SSSR count). The number of hydrogen-bond donors (Lipinski definition) is 2. The van der Waals surface area contributed by atoms with Crippen LogP contribution in [0.25, 0.3) is 0 Å². The summed E-state index contributed by atoms with van der Waals surface area (Å²) in [6.07, 6.45) is 4.89. The molecule has 2 heterocycles. The van der Waals surface area contributed by atoms with E-state index in [1.165, 1.54) is 24.1 Å². The van der Waals surface area contributed by atoms with Gasteiger partial charge in [-0.25, -0.2) is 5.43 Å². The van der Waals surface area contributed by atoms with Crippen LogP contribution in [0.4, 0.5) is 0 Å². The Labute approximate surface area is 112 Å². The van der Waals surface area contributed by atoms with Crippen LogP contribution < -0.4 is 10.7 Å². The van der Waals surface area contributed by atoms with Gasteiger partial charge in [-0.15, -0.1) is 0 Å². The highest BCUT2D eigenvalue weighted by Gasteiger charge is 2.52. The van der Waals surface area contributed by atoms with Gasteiger partial charge in [-0.1, -0.05) is 23.7 Å². The Kier molecular flexibility index (Phi) is 2.25. The van der Waals surface area contributed by atoms with Crippen molar-refractivity contribution in [3.8, 4) is 0 Å². The Morgan fingerprint density at radius 2 is 2.22 bits per heavy atom. The van der Waals surface area contributed by atoms with Crippen LogP contribution in [0.3, 0.4) is 0 Å². The zero-order valence-corrected chi connectivity index (χ0v) is 10.9. The molecule has 1 atom stereocenters. The first-order valence-corrected chi connectivity index (χ1v) is 6.88. The average molecular weight is 262 g/mol. The van der Waals surface area contributed by atoms with Crippen LogP contribution in [-0.4, -0.2) is 23.6 Å². The van der Waals surface area contributed by atoms with Crippen LogP contribution in [0.2, 0.25) is 5.02 Å². The van der Waals surface area contributed by atoms with Crippen LogP contribution in [0, 0.1) is 0 Å². The smallest absolute Gasteiger partial charge is 0.0714 e. The van der Waals surface area contributed by atoms with E-state index in [0.717, 1.165) is 18.1 Å². The van der Waals surface area contributed by atoms with E-state index in [9.17, 15) is 0 Å². The van der Waals surface area contributed by atoms with E-state index in [-0.39, 0.29) is 6.04 Å². The number of nitrogens with zero attached hydrogens (tertiary/aromatic N) is 1. The van der Waals surface area contributed by atoms with Gasteiger partial charge in [-0.05, 0) is 36.6 Å². The van der Waals surface area contributed by atoms with E-state index in [0.29, 0.717) is 5.54 Å². The van der Waals surface area contributed by atoms with Crippen molar-refractivity contribution in [1.29, 1.82) is 0 Å². The molecule has 1 aromatic rings. The van der Waals surface area contributed by atoms with Crippen molar-refractivity contribution < 1.29 is 0 Å². The number of halogens is 1. The highest BCUT2D eigenvalue weighted by molar-refractivity contribution is 6.30. The third-order valence-corrected chi connectivity index (χ3v) is 4.42. The zero-order valence-electron chi connectivity index (χ0n) is 10.1. The molecule has 0 aromatic heterocycles. The fourth-order valence-electron chi connectivity index (χ4n) is 3.02. The molecule has 94 valence electrons. The van der Waals surface area contributed by atoms with E-state index < -0.39 is 0 Å². The van der Waals surface area contributed by atoms with Crippen molar-refractivity contribution in [2.45, 2.75) is 24.4 Å². The molecule has 1 spiro atoms. The van der Waals surface area contributed by atoms with Crippen LogP contribution in [0.5, 0.6) is 0 Å². The summed E-state index contributed by atoms with van der Waals surface area (Å²) < 4.78 is 0. The lowest BCUT2D eigenvalue weighted by molar-refractivity contribution is 0.135. The van der Waals surface area contributed by atoms with Crippen molar-refractivity contribution in [2.24, 2.45) is 0 Å². The maximum Gasteiger partial charge on any atom is 0.0714 e. The number of rotatable bonds is 1. The topological polar surface area (TPSA) is 27.3 Å². The second kappa shape index (κ2) is 3.73. The quantitative estimate of drug-likeness (QED) is 0.812. The Morgan fingerprint density at radius 3 is 3.00 bits per heavy atom. The van der Waals surface area contributed by atoms with Crippen LogP contribution >= 0.6 is 11.6 Å². The number of nitrogens with one attached hydrogen (secondary N) is 2. The van der Waals surface area contributed by atoms with Crippen LogP contribution in [-0.2, 0) is 0 Å². The number of fused-ring (bicyclic) bond motifs is 2. The minimum atomic E-state index is 0.260. The molecule has 1 saturated carbocycles. The maximum absolute atomic E-state index is 6.07. The van der Waals surface area contributed by atoms with Gasteiger partial charge in [-0.3, -0.25) is 0 Å². The van der Waals surface area contributed by atoms with Gasteiger partial charge in [-0.2, -0.15) is 0 Å². The summed E-state index contributed by atoms with van der Waals surface area (Å²) in [5.41, 5.74) is 6.59. The minimum Gasteiger partial charge on any atom is -0.309 e. The fourth-order valence-corrected chi connectivity index (χ4v) is 3.22. The molecule has 0 bridgehead atoms. The lowest BCUT2D eigenvalue weighted by Gasteiger charge is -2.37. The third kappa shape index (κ3) is 1.58. The zero-order chi connectivity index (χ0) is 12.2. The summed E-state index contributed by atoms with van der Waals surface area (Å²) in [6, 6.07) is 8.37. The lowest BCUT2D eigenvalue weighted by atomic mass is 10.1. The second-order valence-electron chi connectivity index (χ2n) is 5.48. The van der Waals surface area contributed by atoms with E-state index in [2.05, 4.69) is 27.9 Å². The molecule has 1 unspecified atom stereocenters. The molecule has 3 aliphatic rings. The first-order valence-electron chi connectivity index (χ1n) is 6.50. The van der Waals surface area contributed by atoms with E-state index in [1.54, 1.807) is 0 Å². The van der Waals surface area contributed by atoms with Gasteiger partial charge in [0.25, 0.3) is 0 Å². The SMILES string of the molecule is Clc1cccc(C2C=C3CNCC4(CC4)N3N2)c1. The molecule has 4 heteroatoms. The van der Waals surface area contributed by atoms with Crippen molar-refractivity contribution >= 4 is 11.6 Å². The van der Waals surface area contributed by atoms with Crippen molar-refractivity contribution in [1.82, 2.24) is 15.8 Å². The number of hydrazine groups is 1. The number of benzene rings is 1. The third-order valence-electron chi connectivity index (χ3n) is 4.18. The predicted molar refractivity (Wildman–Crippen MR) is 72.1 cm³/mol. The van der Waals surface area contributed by atoms with E-state index in [4.69, 9.17) is 11.6 Å². The Balaban J connectivity index is 1.64. The molecule has 0 amide bonds. The first-order chi connectivity index (χ1) is 8.77. The summed E-state index contributed by atoms with van der Waals surface area (Å²) in [7, 11) is 0. The molecule has 1 saturated heterocycles. The standard InChI is InChI=1S/C14H16ClN3/c15-11-3-1-2-10(6-11)13-7-12-8-16-9-14(4-5-14)18(12)17-13/h1-3,6-7,13,16-17H,4-5,8-9H2. The predicted octanol–water partition coefficient (Wildman–Crippen LogP) is 2.22. The molecular weight excluding hydrogens is 246 g/mol. The highest BCUT2D eigenvalue weighted by Crippen LogP contribution is 2.46. The molecule has 18 heavy (non-hydrogen) atoms. The number of hydrogen-bond acceptors (Lipinski definition) is 3. The van der Waals surface area contributed by atoms with Gasteiger partial charge >= 0.3 is 0 Å². The second-order valence-corrected chi connectivity index (χ2v) is 5.92. The van der Waals surface area contributed by atoms with Gasteiger partial charge < -0.3 is 10.3 Å². The maximum atomic E-state index is 6.07. The molecule has 0 radical (unpaired) electrons. The molecular formula is C14H16ClN3. The van der Waals surface area contributed by atoms with Crippen molar-refractivity contribution in [3.63, 3.8) is 0 Å². The monoisotopic (exact) mass is 261 g/mol. The Bertz CT molecular complexity index is 522. The average Bonchev–Trinajstić information content (AvgIpc) is 2.99. The summed E-state index contributed by atoms with van der Waals surface area (Å²) in [6.45, 7) is 2.06.